The second-order valence-corrected chi connectivity index (χ2v) is 7.06. The molecule has 4 aromatic rings. The van der Waals surface area contributed by atoms with E-state index in [0.29, 0.717) is 35.7 Å². The number of ether oxygens (including phenoxy) is 1. The highest BCUT2D eigenvalue weighted by Gasteiger charge is 2.20. The van der Waals surface area contributed by atoms with E-state index in [0.717, 1.165) is 28.0 Å². The average molecular weight is 420 g/mol. The molecule has 0 saturated carbocycles. The van der Waals surface area contributed by atoms with Gasteiger partial charge in [-0.05, 0) is 12.1 Å². The second-order valence-electron chi connectivity index (χ2n) is 7.06. The van der Waals surface area contributed by atoms with Crippen LogP contribution in [0.5, 0.6) is 5.75 Å². The normalized spacial score (nSPS) is 12.5. The van der Waals surface area contributed by atoms with Crippen molar-refractivity contribution in [2.24, 2.45) is 0 Å². The monoisotopic (exact) mass is 420 g/mol. The van der Waals surface area contributed by atoms with Crippen LogP contribution >= 0.6 is 0 Å². The fourth-order valence-electron chi connectivity index (χ4n) is 3.85. The number of hydrogen-bond acceptors (Lipinski definition) is 8. The topological polar surface area (TPSA) is 102 Å². The molecule has 4 heterocycles. The molecule has 3 N–H and O–H groups in total. The van der Waals surface area contributed by atoms with E-state index < -0.39 is 0 Å². The smallest absolute Gasteiger partial charge is 0.150 e. The largest absolute Gasteiger partial charge is 0.493 e. The van der Waals surface area contributed by atoms with Gasteiger partial charge in [0.05, 0.1) is 23.2 Å². The highest BCUT2D eigenvalue weighted by atomic mass is 19.1. The number of nitrogens with one attached hydrogen (secondary N) is 3. The standard InChI is InChI=1S/C21H21FN8O/c1-23-19-7-17(30(24-2)29-19)14-10-27-21(15-8-25-11-28-20(14)15)26-9-13-12-5-6-31-18(12)4-3-16(13)22/h3-4,7-8,10-11,24H,5-6,9H2,1-2H3,(H,23,29)(H,26,27). The number of nitrogens with zero attached hydrogens (tertiary/aromatic N) is 5. The van der Waals surface area contributed by atoms with Gasteiger partial charge in [-0.3, -0.25) is 0 Å². The molecule has 31 heavy (non-hydrogen) atoms. The van der Waals surface area contributed by atoms with E-state index in [1.807, 2.05) is 13.1 Å². The quantitative estimate of drug-likeness (QED) is 0.438. The Labute approximate surface area is 177 Å². The summed E-state index contributed by atoms with van der Waals surface area (Å²) in [7, 11) is 3.59. The van der Waals surface area contributed by atoms with E-state index in [-0.39, 0.29) is 12.4 Å². The number of aromatic nitrogens is 5. The number of hydrogen-bond donors (Lipinski definition) is 3. The summed E-state index contributed by atoms with van der Waals surface area (Å²) in [4.78, 5) is 14.9. The first-order valence-electron chi connectivity index (χ1n) is 9.91. The molecular weight excluding hydrogens is 399 g/mol. The van der Waals surface area contributed by atoms with Gasteiger partial charge < -0.3 is 20.8 Å². The predicted octanol–water partition coefficient (Wildman–Crippen LogP) is 2.79. The Morgan fingerprint density at radius 2 is 2.10 bits per heavy atom. The second kappa shape index (κ2) is 7.71. The van der Waals surface area contributed by atoms with Crippen molar-refractivity contribution in [3.63, 3.8) is 0 Å². The predicted molar refractivity (Wildman–Crippen MR) is 116 cm³/mol. The molecule has 0 saturated heterocycles. The van der Waals surface area contributed by atoms with Gasteiger partial charge in [-0.2, -0.15) is 4.79 Å². The number of rotatable bonds is 6. The molecule has 0 radical (unpaired) electrons. The molecule has 0 fully saturated rings. The maximum atomic E-state index is 14.5. The van der Waals surface area contributed by atoms with E-state index in [1.54, 1.807) is 30.3 Å². The molecule has 0 aliphatic carbocycles. The third-order valence-electron chi connectivity index (χ3n) is 5.37. The molecule has 10 heteroatoms. The molecule has 158 valence electrons. The van der Waals surface area contributed by atoms with Crippen LogP contribution in [0.3, 0.4) is 0 Å². The van der Waals surface area contributed by atoms with Crippen molar-refractivity contribution in [1.29, 1.82) is 0 Å². The van der Waals surface area contributed by atoms with Crippen molar-refractivity contribution in [1.82, 2.24) is 24.8 Å². The lowest BCUT2D eigenvalue weighted by atomic mass is 10.0. The Balaban J connectivity index is 1.53. The zero-order valence-electron chi connectivity index (χ0n) is 17.1. The Morgan fingerprint density at radius 1 is 1.19 bits per heavy atom. The van der Waals surface area contributed by atoms with Crippen LogP contribution in [0.4, 0.5) is 16.0 Å². The molecule has 0 amide bonds. The summed E-state index contributed by atoms with van der Waals surface area (Å²) in [5, 5.41) is 11.5. The van der Waals surface area contributed by atoms with E-state index in [2.05, 4.69) is 36.1 Å². The van der Waals surface area contributed by atoms with Crippen molar-refractivity contribution < 1.29 is 9.13 Å². The van der Waals surface area contributed by atoms with Crippen molar-refractivity contribution in [3.05, 3.63) is 53.9 Å². The number of anilines is 2. The maximum Gasteiger partial charge on any atom is 0.150 e. The SMILES string of the molecule is CNc1cc(-c2cnc(NCc3c(F)ccc4c3CCO4)c3cncnc23)n(NC)n1. The summed E-state index contributed by atoms with van der Waals surface area (Å²) in [6.45, 7) is 0.857. The van der Waals surface area contributed by atoms with Crippen molar-refractivity contribution >= 4 is 22.5 Å². The zero-order chi connectivity index (χ0) is 21.4. The molecule has 0 atom stereocenters. The molecule has 0 unspecified atom stereocenters. The van der Waals surface area contributed by atoms with Gasteiger partial charge in [0, 0.05) is 62.2 Å². The number of pyridine rings is 1. The lowest BCUT2D eigenvalue weighted by Gasteiger charge is -2.14. The summed E-state index contributed by atoms with van der Waals surface area (Å²) < 4.78 is 20.1. The lowest BCUT2D eigenvalue weighted by Crippen LogP contribution is -2.13. The first-order chi connectivity index (χ1) is 15.2. The van der Waals surface area contributed by atoms with Gasteiger partial charge in [0.2, 0.25) is 0 Å². The molecule has 1 aromatic carbocycles. The Hall–Kier alpha value is -3.95. The van der Waals surface area contributed by atoms with Crippen LogP contribution in [0, 0.1) is 5.82 Å². The van der Waals surface area contributed by atoms with Crippen LogP contribution in [-0.4, -0.2) is 45.5 Å². The van der Waals surface area contributed by atoms with E-state index in [4.69, 9.17) is 4.74 Å². The van der Waals surface area contributed by atoms with Crippen LogP contribution in [0.15, 0.2) is 36.9 Å². The highest BCUT2D eigenvalue weighted by molar-refractivity contribution is 5.98. The van der Waals surface area contributed by atoms with Crippen LogP contribution < -0.4 is 20.8 Å². The molecule has 0 spiro atoms. The Morgan fingerprint density at radius 3 is 2.94 bits per heavy atom. The van der Waals surface area contributed by atoms with Gasteiger partial charge in [-0.1, -0.05) is 0 Å². The van der Waals surface area contributed by atoms with Crippen LogP contribution in [-0.2, 0) is 13.0 Å². The summed E-state index contributed by atoms with van der Waals surface area (Å²) >= 11 is 0. The first kappa shape index (κ1) is 19.0. The van der Waals surface area contributed by atoms with Gasteiger partial charge in [0.1, 0.15) is 23.7 Å². The Bertz CT molecular complexity index is 1270. The first-order valence-corrected chi connectivity index (χ1v) is 9.91. The molecule has 0 bridgehead atoms. The average Bonchev–Trinajstić information content (AvgIpc) is 3.45. The summed E-state index contributed by atoms with van der Waals surface area (Å²) in [6.07, 6.45) is 5.63. The summed E-state index contributed by atoms with van der Waals surface area (Å²) in [5.41, 5.74) is 6.85. The zero-order valence-corrected chi connectivity index (χ0v) is 17.1. The molecule has 1 aliphatic heterocycles. The molecule has 1 aliphatic rings. The Kier molecular flexibility index (Phi) is 4.73. The maximum absolute atomic E-state index is 14.5. The molecule has 5 rings (SSSR count). The molecule has 9 nitrogen and oxygen atoms in total. The lowest BCUT2D eigenvalue weighted by molar-refractivity contribution is 0.356. The fourth-order valence-corrected chi connectivity index (χ4v) is 3.85. The van der Waals surface area contributed by atoms with Crippen molar-refractivity contribution in [3.8, 4) is 17.0 Å². The minimum absolute atomic E-state index is 0.258. The number of benzene rings is 1. The molecular formula is C21H21FN8O. The van der Waals surface area contributed by atoms with Crippen LogP contribution in [0.1, 0.15) is 11.1 Å². The van der Waals surface area contributed by atoms with Gasteiger partial charge in [-0.15, -0.1) is 5.10 Å². The summed E-state index contributed by atoms with van der Waals surface area (Å²) in [5.74, 6) is 1.78. The minimum atomic E-state index is -0.258. The number of halogens is 1. The van der Waals surface area contributed by atoms with Crippen LogP contribution in [0.25, 0.3) is 22.2 Å². The summed E-state index contributed by atoms with van der Waals surface area (Å²) in [6, 6.07) is 5.03. The van der Waals surface area contributed by atoms with Crippen LogP contribution in [0.2, 0.25) is 0 Å². The molecule has 3 aromatic heterocycles. The highest BCUT2D eigenvalue weighted by Crippen LogP contribution is 2.33. The van der Waals surface area contributed by atoms with E-state index in [9.17, 15) is 4.39 Å². The minimum Gasteiger partial charge on any atom is -0.493 e. The van der Waals surface area contributed by atoms with E-state index >= 15 is 0 Å². The third kappa shape index (κ3) is 3.25. The van der Waals surface area contributed by atoms with Gasteiger partial charge in [0.25, 0.3) is 0 Å². The van der Waals surface area contributed by atoms with Gasteiger partial charge in [0.15, 0.2) is 5.82 Å². The van der Waals surface area contributed by atoms with Crippen molar-refractivity contribution in [2.45, 2.75) is 13.0 Å². The number of fused-ring (bicyclic) bond motifs is 2. The fraction of sp³-hybridized carbons (Fsp3) is 0.238. The van der Waals surface area contributed by atoms with Gasteiger partial charge in [-0.25, -0.2) is 19.3 Å². The van der Waals surface area contributed by atoms with E-state index in [1.165, 1.54) is 12.4 Å². The van der Waals surface area contributed by atoms with Crippen molar-refractivity contribution in [2.75, 3.05) is 36.8 Å². The van der Waals surface area contributed by atoms with Gasteiger partial charge >= 0.3 is 0 Å². The third-order valence-corrected chi connectivity index (χ3v) is 5.37.